The van der Waals surface area contributed by atoms with Crippen molar-refractivity contribution in [2.75, 3.05) is 6.54 Å². The lowest BCUT2D eigenvalue weighted by atomic mass is 9.99. The summed E-state index contributed by atoms with van der Waals surface area (Å²) in [5.41, 5.74) is 3.94. The molecule has 1 atom stereocenters. The summed E-state index contributed by atoms with van der Waals surface area (Å²) in [6.45, 7) is 2.69. The highest BCUT2D eigenvalue weighted by Crippen LogP contribution is 2.36. The van der Waals surface area contributed by atoms with E-state index in [1.807, 2.05) is 29.3 Å². The van der Waals surface area contributed by atoms with E-state index in [9.17, 15) is 4.79 Å². The number of nitrogens with one attached hydrogen (secondary N) is 1. The summed E-state index contributed by atoms with van der Waals surface area (Å²) in [6, 6.07) is 7.89. The van der Waals surface area contributed by atoms with Gasteiger partial charge in [-0.3, -0.25) is 4.79 Å². The molecule has 1 aromatic carbocycles. The van der Waals surface area contributed by atoms with Gasteiger partial charge in [0.25, 0.3) is 0 Å². The first-order valence-corrected chi connectivity index (χ1v) is 10.3. The maximum atomic E-state index is 13.1. The average Bonchev–Trinajstić information content (AvgIpc) is 3.44. The number of thiazole rings is 1. The Morgan fingerprint density at radius 3 is 3.14 bits per heavy atom. The molecule has 1 aliphatic rings. The number of rotatable bonds is 4. The van der Waals surface area contributed by atoms with Crippen LogP contribution in [-0.2, 0) is 17.6 Å². The Labute approximate surface area is 166 Å². The van der Waals surface area contributed by atoms with Crippen molar-refractivity contribution in [3.05, 3.63) is 69.9 Å². The first-order chi connectivity index (χ1) is 13.7. The number of benzene rings is 1. The fourth-order valence-electron chi connectivity index (χ4n) is 3.86. The van der Waals surface area contributed by atoms with Crippen molar-refractivity contribution in [3.8, 4) is 0 Å². The van der Waals surface area contributed by atoms with Gasteiger partial charge in [-0.15, -0.1) is 11.3 Å². The van der Waals surface area contributed by atoms with Crippen LogP contribution in [0.3, 0.4) is 0 Å². The molecule has 0 fully saturated rings. The second-order valence-electron chi connectivity index (χ2n) is 7.12. The highest BCUT2D eigenvalue weighted by Gasteiger charge is 2.36. The van der Waals surface area contributed by atoms with Crippen LogP contribution in [0.4, 0.5) is 0 Å². The fraction of sp³-hybridized carbons (Fsp3) is 0.286. The minimum Gasteiger partial charge on any atom is -0.458 e. The molecule has 142 valence electrons. The van der Waals surface area contributed by atoms with Crippen LogP contribution in [0.2, 0.25) is 0 Å². The Balaban J connectivity index is 1.49. The standard InChI is InChI=1S/C21H20N4O2S/c1-13-2-3-14-11-17(27-16(14)10-13)21-20-15(23-12-24-20)6-8-25(21)19(26)5-4-18-22-7-9-28-18/h2-3,7,9-12,21H,4-6,8H2,1H3,(H,23,24)/t21-/m0/s1. The average molecular weight is 392 g/mol. The normalized spacial score (nSPS) is 16.5. The van der Waals surface area contributed by atoms with E-state index in [4.69, 9.17) is 4.42 Å². The summed E-state index contributed by atoms with van der Waals surface area (Å²) in [7, 11) is 0. The number of hydrogen-bond donors (Lipinski definition) is 1. The Morgan fingerprint density at radius 2 is 2.29 bits per heavy atom. The summed E-state index contributed by atoms with van der Waals surface area (Å²) >= 11 is 1.59. The van der Waals surface area contributed by atoms with Gasteiger partial charge in [0.2, 0.25) is 5.91 Å². The Kier molecular flexibility index (Phi) is 4.24. The van der Waals surface area contributed by atoms with E-state index in [-0.39, 0.29) is 11.9 Å². The first-order valence-electron chi connectivity index (χ1n) is 9.39. The third-order valence-corrected chi connectivity index (χ3v) is 6.09. The third kappa shape index (κ3) is 3.01. The van der Waals surface area contributed by atoms with Crippen LogP contribution in [-0.4, -0.2) is 32.3 Å². The second-order valence-corrected chi connectivity index (χ2v) is 8.10. The molecule has 4 heterocycles. The number of aryl methyl sites for hydroxylation is 2. The molecule has 28 heavy (non-hydrogen) atoms. The molecule has 0 unspecified atom stereocenters. The Morgan fingerprint density at radius 1 is 1.36 bits per heavy atom. The molecular weight excluding hydrogens is 372 g/mol. The maximum absolute atomic E-state index is 13.1. The molecule has 5 rings (SSSR count). The molecule has 1 amide bonds. The van der Waals surface area contributed by atoms with Crippen LogP contribution in [0, 0.1) is 6.92 Å². The number of aromatic amines is 1. The van der Waals surface area contributed by atoms with Crippen LogP contribution < -0.4 is 0 Å². The van der Waals surface area contributed by atoms with Crippen LogP contribution in [0.1, 0.15) is 40.2 Å². The highest BCUT2D eigenvalue weighted by atomic mass is 32.1. The van der Waals surface area contributed by atoms with Crippen molar-refractivity contribution in [3.63, 3.8) is 0 Å². The van der Waals surface area contributed by atoms with E-state index >= 15 is 0 Å². The number of H-pyrrole nitrogens is 1. The van der Waals surface area contributed by atoms with Crippen molar-refractivity contribution in [2.24, 2.45) is 0 Å². The lowest BCUT2D eigenvalue weighted by Gasteiger charge is -2.33. The minimum absolute atomic E-state index is 0.102. The quantitative estimate of drug-likeness (QED) is 0.569. The first kappa shape index (κ1) is 17.2. The van der Waals surface area contributed by atoms with Gasteiger partial charge in [0, 0.05) is 48.5 Å². The smallest absolute Gasteiger partial charge is 0.223 e. The summed E-state index contributed by atoms with van der Waals surface area (Å²) in [5.74, 6) is 0.863. The number of amides is 1. The van der Waals surface area contributed by atoms with E-state index in [2.05, 4.69) is 27.1 Å². The van der Waals surface area contributed by atoms with Crippen LogP contribution >= 0.6 is 11.3 Å². The predicted molar refractivity (Wildman–Crippen MR) is 107 cm³/mol. The van der Waals surface area contributed by atoms with Gasteiger partial charge in [-0.05, 0) is 24.6 Å². The molecule has 0 bridgehead atoms. The second kappa shape index (κ2) is 6.91. The summed E-state index contributed by atoms with van der Waals surface area (Å²) in [5, 5.41) is 3.97. The van der Waals surface area contributed by atoms with Gasteiger partial charge in [-0.1, -0.05) is 12.1 Å². The molecule has 0 saturated heterocycles. The van der Waals surface area contributed by atoms with E-state index in [0.717, 1.165) is 45.1 Å². The Bertz CT molecular complexity index is 1130. The van der Waals surface area contributed by atoms with Crippen molar-refractivity contribution >= 4 is 28.2 Å². The van der Waals surface area contributed by atoms with Crippen LogP contribution in [0.25, 0.3) is 11.0 Å². The fourth-order valence-corrected chi connectivity index (χ4v) is 4.48. The van der Waals surface area contributed by atoms with Gasteiger partial charge in [-0.25, -0.2) is 9.97 Å². The molecule has 3 aromatic heterocycles. The number of nitrogens with zero attached hydrogens (tertiary/aromatic N) is 3. The molecule has 1 N–H and O–H groups in total. The number of carbonyl (C=O) groups excluding carboxylic acids is 1. The zero-order valence-electron chi connectivity index (χ0n) is 15.5. The monoisotopic (exact) mass is 392 g/mol. The number of furan rings is 1. The minimum atomic E-state index is -0.300. The van der Waals surface area contributed by atoms with Crippen LogP contribution in [0.15, 0.2) is 46.6 Å². The number of aromatic nitrogens is 3. The summed E-state index contributed by atoms with van der Waals surface area (Å²) in [6.07, 6.45) is 5.35. The van der Waals surface area contributed by atoms with Gasteiger partial charge in [0.1, 0.15) is 17.4 Å². The van der Waals surface area contributed by atoms with Crippen molar-refractivity contribution in [1.29, 1.82) is 0 Å². The molecule has 7 heteroatoms. The van der Waals surface area contributed by atoms with E-state index in [0.29, 0.717) is 19.4 Å². The predicted octanol–water partition coefficient (Wildman–Crippen LogP) is 4.03. The summed E-state index contributed by atoms with van der Waals surface area (Å²) < 4.78 is 6.19. The lowest BCUT2D eigenvalue weighted by Crippen LogP contribution is -2.40. The maximum Gasteiger partial charge on any atom is 0.223 e. The lowest BCUT2D eigenvalue weighted by molar-refractivity contribution is -0.133. The molecule has 0 radical (unpaired) electrons. The van der Waals surface area contributed by atoms with Gasteiger partial charge in [-0.2, -0.15) is 0 Å². The zero-order chi connectivity index (χ0) is 19.1. The molecule has 0 spiro atoms. The van der Waals surface area contributed by atoms with Gasteiger partial charge >= 0.3 is 0 Å². The zero-order valence-corrected chi connectivity index (χ0v) is 16.3. The number of carbonyl (C=O) groups is 1. The van der Waals surface area contributed by atoms with Gasteiger partial charge in [0.05, 0.1) is 17.0 Å². The highest BCUT2D eigenvalue weighted by molar-refractivity contribution is 7.09. The number of imidazole rings is 1. The molecular formula is C21H20N4O2S. The number of fused-ring (bicyclic) bond motifs is 2. The SMILES string of the molecule is Cc1ccc2cc([C@H]3c4nc[nH]c4CCN3C(=O)CCc3nccs3)oc2c1. The van der Waals surface area contributed by atoms with Gasteiger partial charge in [0.15, 0.2) is 0 Å². The molecule has 6 nitrogen and oxygen atoms in total. The largest absolute Gasteiger partial charge is 0.458 e. The van der Waals surface area contributed by atoms with Crippen molar-refractivity contribution in [2.45, 2.75) is 32.2 Å². The molecule has 0 aliphatic carbocycles. The Hall–Kier alpha value is -2.93. The molecule has 4 aromatic rings. The molecule has 0 saturated carbocycles. The number of hydrogen-bond acceptors (Lipinski definition) is 5. The van der Waals surface area contributed by atoms with E-state index < -0.39 is 0 Å². The van der Waals surface area contributed by atoms with E-state index in [1.54, 1.807) is 23.9 Å². The van der Waals surface area contributed by atoms with E-state index in [1.165, 1.54) is 0 Å². The van der Waals surface area contributed by atoms with Crippen LogP contribution in [0.5, 0.6) is 0 Å². The third-order valence-electron chi connectivity index (χ3n) is 5.25. The van der Waals surface area contributed by atoms with Crippen molar-refractivity contribution in [1.82, 2.24) is 19.9 Å². The van der Waals surface area contributed by atoms with Gasteiger partial charge < -0.3 is 14.3 Å². The molecule has 1 aliphatic heterocycles. The van der Waals surface area contributed by atoms with Crippen molar-refractivity contribution < 1.29 is 9.21 Å². The topological polar surface area (TPSA) is 75.0 Å². The summed E-state index contributed by atoms with van der Waals surface area (Å²) in [4.78, 5) is 27.0.